The Hall–Kier alpha value is -2.21. The fourth-order valence-corrected chi connectivity index (χ4v) is 4.03. The lowest BCUT2D eigenvalue weighted by molar-refractivity contribution is -0.149. The maximum absolute atomic E-state index is 13.2. The third-order valence-corrected chi connectivity index (χ3v) is 5.93. The summed E-state index contributed by atoms with van der Waals surface area (Å²) in [6.07, 6.45) is 4.23. The topological polar surface area (TPSA) is 69.4 Å². The molecule has 2 atom stereocenters. The number of ketones is 1. The molecular formula is C27H32Cl2FNO3. The van der Waals surface area contributed by atoms with Gasteiger partial charge >= 0.3 is 5.97 Å². The van der Waals surface area contributed by atoms with Crippen molar-refractivity contribution >= 4 is 40.5 Å². The lowest BCUT2D eigenvalue weighted by Gasteiger charge is -2.18. The molecule has 0 bridgehead atoms. The van der Waals surface area contributed by atoms with E-state index in [1.54, 1.807) is 19.1 Å². The number of carbonyl (C=O) groups excluding carboxylic acids is 2. The van der Waals surface area contributed by atoms with Crippen LogP contribution in [0.5, 0.6) is 0 Å². The zero-order valence-electron chi connectivity index (χ0n) is 19.4. The van der Waals surface area contributed by atoms with Crippen LogP contribution in [-0.2, 0) is 27.2 Å². The first-order valence-corrected chi connectivity index (χ1v) is 12.5. The zero-order chi connectivity index (χ0) is 24.9. The molecule has 4 nitrogen and oxygen atoms in total. The highest BCUT2D eigenvalue weighted by Gasteiger charge is 2.26. The van der Waals surface area contributed by atoms with Gasteiger partial charge in [0.25, 0.3) is 0 Å². The minimum absolute atomic E-state index is 0.0313. The molecule has 0 unspecified atom stereocenters. The Balaban J connectivity index is 2.04. The van der Waals surface area contributed by atoms with Crippen molar-refractivity contribution in [2.75, 3.05) is 18.4 Å². The Morgan fingerprint density at radius 3 is 2.21 bits per heavy atom. The van der Waals surface area contributed by atoms with Gasteiger partial charge in [0.05, 0.1) is 18.6 Å². The molecule has 0 amide bonds. The van der Waals surface area contributed by atoms with Crippen LogP contribution in [0.25, 0.3) is 5.57 Å². The standard InChI is InChI=1S/C27H32Cl2FNO3/c1-2-34-27(33)23(16-19-7-11-24(30)12-8-19)18-26(32)25(31)17-20-5-9-22(10-6-20)21(13-15-29)4-3-14-28/h4-12,23,25H,2-3,13-18,31H2,1H3/b21-4+/t23-,25+/m1/s1. The van der Waals surface area contributed by atoms with Crippen LogP contribution in [0.3, 0.4) is 0 Å². The highest BCUT2D eigenvalue weighted by atomic mass is 35.5. The predicted molar refractivity (Wildman–Crippen MR) is 137 cm³/mol. The van der Waals surface area contributed by atoms with Crippen LogP contribution in [0.4, 0.5) is 4.39 Å². The molecule has 2 aromatic carbocycles. The third-order valence-electron chi connectivity index (χ3n) is 5.52. The fourth-order valence-electron chi connectivity index (χ4n) is 3.72. The molecule has 0 saturated heterocycles. The van der Waals surface area contributed by atoms with E-state index in [1.807, 2.05) is 24.3 Å². The molecule has 2 aromatic rings. The van der Waals surface area contributed by atoms with E-state index >= 15 is 0 Å². The van der Waals surface area contributed by atoms with Gasteiger partial charge in [0.2, 0.25) is 0 Å². The van der Waals surface area contributed by atoms with Crippen molar-refractivity contribution in [1.29, 1.82) is 0 Å². The summed E-state index contributed by atoms with van der Waals surface area (Å²) in [4.78, 5) is 25.3. The largest absolute Gasteiger partial charge is 0.466 e. The van der Waals surface area contributed by atoms with E-state index in [0.717, 1.165) is 35.1 Å². The van der Waals surface area contributed by atoms with Gasteiger partial charge in [0.15, 0.2) is 5.78 Å². The summed E-state index contributed by atoms with van der Waals surface area (Å²) in [6, 6.07) is 13.0. The molecule has 34 heavy (non-hydrogen) atoms. The molecule has 0 heterocycles. The number of esters is 1. The number of hydrogen-bond acceptors (Lipinski definition) is 4. The Morgan fingerprint density at radius 1 is 1.00 bits per heavy atom. The van der Waals surface area contributed by atoms with Gasteiger partial charge < -0.3 is 10.5 Å². The fraction of sp³-hybridized carbons (Fsp3) is 0.407. The van der Waals surface area contributed by atoms with E-state index < -0.39 is 17.9 Å². The van der Waals surface area contributed by atoms with E-state index in [-0.39, 0.29) is 31.0 Å². The van der Waals surface area contributed by atoms with Crippen molar-refractivity contribution in [2.45, 2.75) is 45.1 Å². The van der Waals surface area contributed by atoms with Crippen LogP contribution < -0.4 is 5.73 Å². The number of ether oxygens (including phenoxy) is 1. The molecule has 0 aliphatic heterocycles. The second-order valence-corrected chi connectivity index (χ2v) is 8.86. The summed E-state index contributed by atoms with van der Waals surface area (Å²) >= 11 is 11.7. The third kappa shape index (κ3) is 9.21. The van der Waals surface area contributed by atoms with E-state index in [1.165, 1.54) is 12.1 Å². The van der Waals surface area contributed by atoms with Gasteiger partial charge in [0, 0.05) is 18.2 Å². The highest BCUT2D eigenvalue weighted by Crippen LogP contribution is 2.22. The number of hydrogen-bond donors (Lipinski definition) is 1. The first-order valence-electron chi connectivity index (χ1n) is 11.5. The smallest absolute Gasteiger partial charge is 0.309 e. The Morgan fingerprint density at radius 2 is 1.62 bits per heavy atom. The lowest BCUT2D eigenvalue weighted by Crippen LogP contribution is -2.36. The minimum atomic E-state index is -0.745. The van der Waals surface area contributed by atoms with E-state index in [9.17, 15) is 14.0 Å². The van der Waals surface area contributed by atoms with Crippen molar-refractivity contribution in [3.8, 4) is 0 Å². The average Bonchev–Trinajstić information content (AvgIpc) is 2.83. The van der Waals surface area contributed by atoms with Crippen LogP contribution in [0.2, 0.25) is 0 Å². The van der Waals surface area contributed by atoms with Crippen molar-refractivity contribution < 1.29 is 18.7 Å². The number of allylic oxidation sites excluding steroid dienone is 2. The van der Waals surface area contributed by atoms with Gasteiger partial charge in [-0.2, -0.15) is 0 Å². The van der Waals surface area contributed by atoms with E-state index in [4.69, 9.17) is 33.7 Å². The first kappa shape index (κ1) is 28.0. The van der Waals surface area contributed by atoms with Crippen LogP contribution >= 0.6 is 23.2 Å². The molecule has 2 rings (SSSR count). The van der Waals surface area contributed by atoms with E-state index in [0.29, 0.717) is 18.2 Å². The van der Waals surface area contributed by atoms with Gasteiger partial charge in [0.1, 0.15) is 5.82 Å². The number of rotatable bonds is 14. The molecule has 0 aliphatic rings. The number of Topliss-reactive ketones (excluding diaryl/α,β-unsaturated/α-hetero) is 1. The van der Waals surface area contributed by atoms with Crippen LogP contribution in [0, 0.1) is 11.7 Å². The Labute approximate surface area is 211 Å². The molecule has 0 spiro atoms. The van der Waals surface area contributed by atoms with Crippen LogP contribution in [0.15, 0.2) is 54.6 Å². The molecule has 0 aromatic heterocycles. The predicted octanol–water partition coefficient (Wildman–Crippen LogP) is 5.72. The van der Waals surface area contributed by atoms with Gasteiger partial charge in [-0.3, -0.25) is 9.59 Å². The molecule has 7 heteroatoms. The second kappa shape index (κ2) is 14.9. The minimum Gasteiger partial charge on any atom is -0.466 e. The Kier molecular flexibility index (Phi) is 12.3. The maximum Gasteiger partial charge on any atom is 0.309 e. The van der Waals surface area contributed by atoms with Crippen molar-refractivity contribution in [2.24, 2.45) is 11.7 Å². The number of nitrogens with two attached hydrogens (primary N) is 1. The zero-order valence-corrected chi connectivity index (χ0v) is 21.0. The lowest BCUT2D eigenvalue weighted by atomic mass is 9.90. The number of alkyl halides is 2. The molecule has 2 N–H and O–H groups in total. The van der Waals surface area contributed by atoms with Gasteiger partial charge in [-0.05, 0) is 67.0 Å². The number of carbonyl (C=O) groups is 2. The van der Waals surface area contributed by atoms with Gasteiger partial charge in [-0.25, -0.2) is 4.39 Å². The molecule has 184 valence electrons. The van der Waals surface area contributed by atoms with Crippen LogP contribution in [0.1, 0.15) is 42.9 Å². The maximum atomic E-state index is 13.2. The summed E-state index contributed by atoms with van der Waals surface area (Å²) in [5.74, 6) is -0.619. The van der Waals surface area contributed by atoms with Crippen molar-refractivity contribution in [3.05, 3.63) is 77.1 Å². The van der Waals surface area contributed by atoms with E-state index in [2.05, 4.69) is 6.08 Å². The molecule has 0 fully saturated rings. The summed E-state index contributed by atoms with van der Waals surface area (Å²) in [6.45, 7) is 1.93. The molecular weight excluding hydrogens is 476 g/mol. The SMILES string of the molecule is CCOC(=O)[C@@H](CC(=O)[C@@H](N)Cc1ccc(/C(=C/CCCl)CCCl)cc1)Cc1ccc(F)cc1. The van der Waals surface area contributed by atoms with Gasteiger partial charge in [-0.1, -0.05) is 42.5 Å². The average molecular weight is 508 g/mol. The van der Waals surface area contributed by atoms with Crippen molar-refractivity contribution in [1.82, 2.24) is 0 Å². The highest BCUT2D eigenvalue weighted by molar-refractivity contribution is 6.18. The molecule has 0 aliphatic carbocycles. The number of benzene rings is 2. The first-order chi connectivity index (χ1) is 16.4. The van der Waals surface area contributed by atoms with Crippen molar-refractivity contribution in [3.63, 3.8) is 0 Å². The van der Waals surface area contributed by atoms with Gasteiger partial charge in [-0.15, -0.1) is 23.2 Å². The second-order valence-electron chi connectivity index (χ2n) is 8.10. The molecule has 0 radical (unpaired) electrons. The monoisotopic (exact) mass is 507 g/mol. The quantitative estimate of drug-likeness (QED) is 0.262. The number of halogens is 3. The summed E-state index contributed by atoms with van der Waals surface area (Å²) in [5, 5.41) is 0. The summed E-state index contributed by atoms with van der Waals surface area (Å²) < 4.78 is 18.4. The normalized spacial score (nSPS) is 13.4. The summed E-state index contributed by atoms with van der Waals surface area (Å²) in [5.41, 5.74) is 10.1. The Bertz CT molecular complexity index is 945. The molecule has 0 saturated carbocycles. The van der Waals surface area contributed by atoms with Crippen LogP contribution in [-0.4, -0.2) is 36.2 Å². The summed E-state index contributed by atoms with van der Waals surface area (Å²) in [7, 11) is 0.